The molecule has 0 bridgehead atoms. The molecule has 1 amide bonds. The van der Waals surface area contributed by atoms with E-state index in [1.807, 2.05) is 6.92 Å². The molecule has 0 radical (unpaired) electrons. The van der Waals surface area contributed by atoms with Gasteiger partial charge in [-0.25, -0.2) is 4.98 Å². The number of thioether (sulfide) groups is 1. The van der Waals surface area contributed by atoms with Crippen molar-refractivity contribution < 1.29 is 9.53 Å². The van der Waals surface area contributed by atoms with Crippen molar-refractivity contribution in [3.05, 3.63) is 22.1 Å². The molecule has 2 aliphatic rings. The fourth-order valence-corrected chi connectivity index (χ4v) is 4.02. The Balaban J connectivity index is 1.61. The number of aryl methyl sites for hydroxylation is 1. The third-order valence-electron chi connectivity index (χ3n) is 4.08. The third kappa shape index (κ3) is 3.35. The summed E-state index contributed by atoms with van der Waals surface area (Å²) >= 11 is 1.55. The summed E-state index contributed by atoms with van der Waals surface area (Å²) in [6, 6.07) is 1.47. The van der Waals surface area contributed by atoms with Gasteiger partial charge in [-0.05, 0) is 19.3 Å². The van der Waals surface area contributed by atoms with Gasteiger partial charge in [0.1, 0.15) is 0 Å². The van der Waals surface area contributed by atoms with Crippen LogP contribution in [0.4, 0.5) is 0 Å². The second kappa shape index (κ2) is 6.83. The van der Waals surface area contributed by atoms with E-state index in [4.69, 9.17) is 4.74 Å². The number of carbonyl (C=O) groups is 1. The van der Waals surface area contributed by atoms with Gasteiger partial charge in [-0.1, -0.05) is 18.7 Å². The number of hydrogen-bond acceptors (Lipinski definition) is 5. The summed E-state index contributed by atoms with van der Waals surface area (Å²) < 4.78 is 7.15. The maximum absolute atomic E-state index is 12.2. The van der Waals surface area contributed by atoms with Gasteiger partial charge in [-0.3, -0.25) is 14.2 Å². The summed E-state index contributed by atoms with van der Waals surface area (Å²) in [4.78, 5) is 28.8. The number of aromatic nitrogens is 2. The van der Waals surface area contributed by atoms with E-state index in [1.54, 1.807) is 22.4 Å². The zero-order chi connectivity index (χ0) is 15.5. The summed E-state index contributed by atoms with van der Waals surface area (Å²) in [5, 5.41) is 3.65. The highest BCUT2D eigenvalue weighted by atomic mass is 32.2. The van der Waals surface area contributed by atoms with Crippen LogP contribution in [0.1, 0.15) is 37.9 Å². The molecule has 1 aromatic rings. The highest BCUT2D eigenvalue weighted by molar-refractivity contribution is 7.99. The molecule has 7 heteroatoms. The summed E-state index contributed by atoms with van der Waals surface area (Å²) in [6.07, 6.45) is 3.28. The first kappa shape index (κ1) is 15.6. The van der Waals surface area contributed by atoms with Crippen LogP contribution in [0.5, 0.6) is 0 Å². The predicted octanol–water partition coefficient (Wildman–Crippen LogP) is 1.14. The Bertz CT molecular complexity index is 611. The van der Waals surface area contributed by atoms with E-state index >= 15 is 0 Å². The van der Waals surface area contributed by atoms with E-state index in [1.165, 1.54) is 0 Å². The van der Waals surface area contributed by atoms with Crippen molar-refractivity contribution in [2.75, 3.05) is 18.9 Å². The molecule has 1 aromatic heterocycles. The van der Waals surface area contributed by atoms with Crippen LogP contribution in [0.3, 0.4) is 0 Å². The van der Waals surface area contributed by atoms with Crippen LogP contribution in [0.2, 0.25) is 0 Å². The molecule has 6 nitrogen and oxygen atoms in total. The fraction of sp³-hybridized carbons (Fsp3) is 0.667. The molecule has 0 spiro atoms. The summed E-state index contributed by atoms with van der Waals surface area (Å²) in [6.45, 7) is 3.33. The number of carbonyl (C=O) groups excluding carboxylic acids is 1. The Kier molecular flexibility index (Phi) is 4.83. The molecule has 3 heterocycles. The van der Waals surface area contributed by atoms with Crippen LogP contribution in [0.25, 0.3) is 0 Å². The lowest BCUT2D eigenvalue weighted by Gasteiger charge is -2.15. The third-order valence-corrected chi connectivity index (χ3v) is 5.17. The number of rotatable bonds is 5. The maximum atomic E-state index is 12.2. The van der Waals surface area contributed by atoms with E-state index in [2.05, 4.69) is 10.3 Å². The van der Waals surface area contributed by atoms with E-state index in [-0.39, 0.29) is 23.6 Å². The van der Waals surface area contributed by atoms with Crippen molar-refractivity contribution in [3.8, 4) is 0 Å². The Labute approximate surface area is 133 Å². The molecule has 1 saturated heterocycles. The SMILES string of the molecule is CCc1cc(=O)n2c(n1)SCC2CC(=O)NCC1CCCO1. The standard InChI is InChI=1S/C15H21N3O3S/c1-2-10-6-14(20)18-11(9-22-15(18)17-10)7-13(19)16-8-12-4-3-5-21-12/h6,11-12H,2-5,7-9H2,1H3,(H,16,19). The highest BCUT2D eigenvalue weighted by Gasteiger charge is 2.27. The Morgan fingerprint density at radius 3 is 3.18 bits per heavy atom. The molecule has 3 rings (SSSR count). The van der Waals surface area contributed by atoms with Gasteiger partial charge in [0.25, 0.3) is 5.56 Å². The average molecular weight is 323 g/mol. The number of nitrogens with zero attached hydrogens (tertiary/aromatic N) is 2. The van der Waals surface area contributed by atoms with Crippen molar-refractivity contribution >= 4 is 17.7 Å². The van der Waals surface area contributed by atoms with E-state index in [0.29, 0.717) is 13.0 Å². The normalized spacial score (nSPS) is 23.5. The minimum Gasteiger partial charge on any atom is -0.376 e. The number of ether oxygens (including phenoxy) is 1. The molecule has 1 N–H and O–H groups in total. The predicted molar refractivity (Wildman–Crippen MR) is 84.2 cm³/mol. The quantitative estimate of drug-likeness (QED) is 0.823. The molecule has 120 valence electrons. The lowest BCUT2D eigenvalue weighted by molar-refractivity contribution is -0.122. The van der Waals surface area contributed by atoms with Crippen LogP contribution in [-0.4, -0.2) is 40.5 Å². The second-order valence-corrected chi connectivity index (χ2v) is 6.69. The molecular weight excluding hydrogens is 302 g/mol. The smallest absolute Gasteiger partial charge is 0.254 e. The number of hydrogen-bond donors (Lipinski definition) is 1. The zero-order valence-corrected chi connectivity index (χ0v) is 13.5. The van der Waals surface area contributed by atoms with Gasteiger partial charge in [0.15, 0.2) is 5.16 Å². The largest absolute Gasteiger partial charge is 0.376 e. The average Bonchev–Trinajstić information content (AvgIpc) is 3.15. The van der Waals surface area contributed by atoms with E-state index in [0.717, 1.165) is 42.5 Å². The van der Waals surface area contributed by atoms with Gasteiger partial charge >= 0.3 is 0 Å². The Morgan fingerprint density at radius 2 is 2.45 bits per heavy atom. The first-order chi connectivity index (χ1) is 10.7. The maximum Gasteiger partial charge on any atom is 0.254 e. The summed E-state index contributed by atoms with van der Waals surface area (Å²) in [7, 11) is 0. The van der Waals surface area contributed by atoms with Crippen molar-refractivity contribution in [3.63, 3.8) is 0 Å². The zero-order valence-electron chi connectivity index (χ0n) is 12.7. The van der Waals surface area contributed by atoms with Gasteiger partial charge < -0.3 is 10.1 Å². The van der Waals surface area contributed by atoms with Crippen LogP contribution < -0.4 is 10.9 Å². The van der Waals surface area contributed by atoms with Crippen LogP contribution in [-0.2, 0) is 16.0 Å². The monoisotopic (exact) mass is 323 g/mol. The lowest BCUT2D eigenvalue weighted by atomic mass is 10.2. The number of fused-ring (bicyclic) bond motifs is 1. The molecule has 0 saturated carbocycles. The fourth-order valence-electron chi connectivity index (χ4n) is 2.85. The number of nitrogens with one attached hydrogen (secondary N) is 1. The lowest BCUT2D eigenvalue weighted by Crippen LogP contribution is -2.34. The van der Waals surface area contributed by atoms with Gasteiger partial charge in [0.05, 0.1) is 12.1 Å². The minimum atomic E-state index is -0.101. The Hall–Kier alpha value is -1.34. The molecular formula is C15H21N3O3S. The topological polar surface area (TPSA) is 73.2 Å². The van der Waals surface area contributed by atoms with Crippen LogP contribution in [0.15, 0.2) is 16.0 Å². The molecule has 2 atom stereocenters. The first-order valence-electron chi connectivity index (χ1n) is 7.81. The number of amides is 1. The highest BCUT2D eigenvalue weighted by Crippen LogP contribution is 2.31. The van der Waals surface area contributed by atoms with Crippen LogP contribution in [0, 0.1) is 0 Å². The van der Waals surface area contributed by atoms with Gasteiger partial charge in [-0.2, -0.15) is 0 Å². The Morgan fingerprint density at radius 1 is 1.59 bits per heavy atom. The van der Waals surface area contributed by atoms with Crippen molar-refractivity contribution in [2.45, 2.75) is 49.9 Å². The molecule has 2 aliphatic heterocycles. The van der Waals surface area contributed by atoms with Crippen molar-refractivity contribution in [2.24, 2.45) is 0 Å². The van der Waals surface area contributed by atoms with E-state index in [9.17, 15) is 9.59 Å². The second-order valence-electron chi connectivity index (χ2n) is 5.70. The van der Waals surface area contributed by atoms with Crippen LogP contribution >= 0.6 is 11.8 Å². The molecule has 0 aromatic carbocycles. The molecule has 0 aliphatic carbocycles. The summed E-state index contributed by atoms with van der Waals surface area (Å²) in [5.74, 6) is 0.698. The van der Waals surface area contributed by atoms with Crippen molar-refractivity contribution in [1.82, 2.24) is 14.9 Å². The molecule has 22 heavy (non-hydrogen) atoms. The van der Waals surface area contributed by atoms with Gasteiger partial charge in [0, 0.05) is 37.1 Å². The van der Waals surface area contributed by atoms with Gasteiger partial charge in [0.2, 0.25) is 5.91 Å². The minimum absolute atomic E-state index is 0.0274. The van der Waals surface area contributed by atoms with Gasteiger partial charge in [-0.15, -0.1) is 0 Å². The first-order valence-corrected chi connectivity index (χ1v) is 8.79. The molecule has 2 unspecified atom stereocenters. The van der Waals surface area contributed by atoms with Crippen molar-refractivity contribution in [1.29, 1.82) is 0 Å². The van der Waals surface area contributed by atoms with E-state index < -0.39 is 0 Å². The summed E-state index contributed by atoms with van der Waals surface area (Å²) in [5.41, 5.74) is 0.760. The molecule has 1 fully saturated rings.